The van der Waals surface area contributed by atoms with Gasteiger partial charge in [0.2, 0.25) is 5.91 Å². The number of aryl methyl sites for hydroxylation is 1. The molecule has 1 fully saturated rings. The number of ether oxygens (including phenoxy) is 1. The Labute approximate surface area is 171 Å². The molecular formula is C23H28N4O2. The minimum atomic E-state index is 0.0938. The first kappa shape index (κ1) is 19.5. The van der Waals surface area contributed by atoms with Gasteiger partial charge in [0.15, 0.2) is 0 Å². The summed E-state index contributed by atoms with van der Waals surface area (Å²) in [7, 11) is 5.83. The highest BCUT2D eigenvalue weighted by molar-refractivity contribution is 5.96. The number of carbonyl (C=O) groups is 1. The van der Waals surface area contributed by atoms with Gasteiger partial charge in [-0.1, -0.05) is 12.1 Å². The van der Waals surface area contributed by atoms with Crippen molar-refractivity contribution in [3.63, 3.8) is 0 Å². The lowest BCUT2D eigenvalue weighted by molar-refractivity contribution is -0.117. The second-order valence-electron chi connectivity index (χ2n) is 7.87. The molecule has 2 heterocycles. The largest absolute Gasteiger partial charge is 0.497 e. The number of amides is 1. The van der Waals surface area contributed by atoms with Gasteiger partial charge in [-0.05, 0) is 63.5 Å². The number of hydrogen-bond donors (Lipinski definition) is 0. The normalized spacial score (nSPS) is 16.9. The second-order valence-corrected chi connectivity index (χ2v) is 7.87. The molecule has 29 heavy (non-hydrogen) atoms. The summed E-state index contributed by atoms with van der Waals surface area (Å²) in [4.78, 5) is 21.8. The van der Waals surface area contributed by atoms with Crippen molar-refractivity contribution in [1.82, 2.24) is 14.5 Å². The molecule has 4 rings (SSSR count). The number of hydrogen-bond acceptors (Lipinski definition) is 4. The van der Waals surface area contributed by atoms with Crippen LogP contribution in [-0.2, 0) is 11.3 Å². The third-order valence-corrected chi connectivity index (χ3v) is 5.55. The minimum Gasteiger partial charge on any atom is -0.497 e. The van der Waals surface area contributed by atoms with Crippen LogP contribution in [0.15, 0.2) is 48.5 Å². The Kier molecular flexibility index (Phi) is 5.53. The quantitative estimate of drug-likeness (QED) is 0.617. The lowest BCUT2D eigenvalue weighted by Crippen LogP contribution is -2.24. The molecule has 1 aliphatic rings. The van der Waals surface area contributed by atoms with Crippen LogP contribution in [0.25, 0.3) is 11.0 Å². The SMILES string of the molecule is COc1ccc(N2C[C@H](c3nc4ccccc4n3CCCN(C)C)CC2=O)cc1. The van der Waals surface area contributed by atoms with E-state index >= 15 is 0 Å². The molecule has 0 N–H and O–H groups in total. The molecule has 0 unspecified atom stereocenters. The van der Waals surface area contributed by atoms with E-state index in [1.54, 1.807) is 7.11 Å². The molecule has 0 aliphatic carbocycles. The maximum atomic E-state index is 12.8. The van der Waals surface area contributed by atoms with Crippen LogP contribution in [0.1, 0.15) is 24.6 Å². The average Bonchev–Trinajstić information content (AvgIpc) is 3.28. The summed E-state index contributed by atoms with van der Waals surface area (Å²) in [6.45, 7) is 2.58. The molecule has 6 heteroatoms. The fourth-order valence-electron chi connectivity index (χ4n) is 4.08. The van der Waals surface area contributed by atoms with Crippen LogP contribution in [0.3, 0.4) is 0 Å². The smallest absolute Gasteiger partial charge is 0.227 e. The number of aromatic nitrogens is 2. The first-order valence-corrected chi connectivity index (χ1v) is 10.1. The Morgan fingerprint density at radius 3 is 2.62 bits per heavy atom. The van der Waals surface area contributed by atoms with E-state index in [4.69, 9.17) is 9.72 Å². The van der Waals surface area contributed by atoms with E-state index in [2.05, 4.69) is 41.8 Å². The van der Waals surface area contributed by atoms with Crippen LogP contribution in [0, 0.1) is 0 Å². The van der Waals surface area contributed by atoms with E-state index in [0.29, 0.717) is 13.0 Å². The zero-order valence-electron chi connectivity index (χ0n) is 17.3. The third-order valence-electron chi connectivity index (χ3n) is 5.55. The van der Waals surface area contributed by atoms with Gasteiger partial charge in [0, 0.05) is 31.1 Å². The third kappa shape index (κ3) is 3.98. The summed E-state index contributed by atoms with van der Waals surface area (Å²) in [5.41, 5.74) is 3.06. The standard InChI is InChI=1S/C23H28N4O2/c1-25(2)13-6-14-26-21-8-5-4-7-20(21)24-23(26)17-15-22(28)27(16-17)18-9-11-19(29-3)12-10-18/h4-5,7-12,17H,6,13-16H2,1-3H3/t17-/m1/s1. The molecule has 3 aromatic rings. The number of methoxy groups -OCH3 is 1. The number of benzene rings is 2. The Balaban J connectivity index is 1.61. The van der Waals surface area contributed by atoms with Crippen molar-refractivity contribution < 1.29 is 9.53 Å². The summed E-state index contributed by atoms with van der Waals surface area (Å²) < 4.78 is 7.55. The van der Waals surface area contributed by atoms with Crippen molar-refractivity contribution in [2.24, 2.45) is 0 Å². The van der Waals surface area contributed by atoms with E-state index in [9.17, 15) is 4.79 Å². The van der Waals surface area contributed by atoms with Gasteiger partial charge >= 0.3 is 0 Å². The fraction of sp³-hybridized carbons (Fsp3) is 0.391. The molecule has 6 nitrogen and oxygen atoms in total. The van der Waals surface area contributed by atoms with E-state index in [0.717, 1.165) is 47.8 Å². The van der Waals surface area contributed by atoms with Crippen molar-refractivity contribution in [1.29, 1.82) is 0 Å². The van der Waals surface area contributed by atoms with Crippen LogP contribution in [0.2, 0.25) is 0 Å². The predicted molar refractivity (Wildman–Crippen MR) is 116 cm³/mol. The molecule has 152 valence electrons. The molecule has 0 spiro atoms. The predicted octanol–water partition coefficient (Wildman–Crippen LogP) is 3.52. The average molecular weight is 393 g/mol. The van der Waals surface area contributed by atoms with Gasteiger partial charge in [0.25, 0.3) is 0 Å². The maximum absolute atomic E-state index is 12.8. The molecule has 1 atom stereocenters. The van der Waals surface area contributed by atoms with Crippen molar-refractivity contribution in [2.45, 2.75) is 25.3 Å². The topological polar surface area (TPSA) is 50.6 Å². The minimum absolute atomic E-state index is 0.0938. The van der Waals surface area contributed by atoms with Crippen molar-refractivity contribution in [2.75, 3.05) is 39.2 Å². The maximum Gasteiger partial charge on any atom is 0.227 e. The van der Waals surface area contributed by atoms with Gasteiger partial charge in [0.1, 0.15) is 11.6 Å². The monoisotopic (exact) mass is 392 g/mol. The zero-order valence-corrected chi connectivity index (χ0v) is 17.3. The molecule has 1 aromatic heterocycles. The van der Waals surface area contributed by atoms with Crippen molar-refractivity contribution in [3.05, 3.63) is 54.4 Å². The zero-order chi connectivity index (χ0) is 20.4. The highest BCUT2D eigenvalue weighted by atomic mass is 16.5. The summed E-state index contributed by atoms with van der Waals surface area (Å²) in [6.07, 6.45) is 1.53. The molecule has 1 amide bonds. The summed E-state index contributed by atoms with van der Waals surface area (Å²) in [5.74, 6) is 2.05. The van der Waals surface area contributed by atoms with Gasteiger partial charge in [-0.25, -0.2) is 4.98 Å². The first-order valence-electron chi connectivity index (χ1n) is 10.1. The Bertz CT molecular complexity index is 994. The molecule has 0 bridgehead atoms. The Morgan fingerprint density at radius 2 is 1.90 bits per heavy atom. The van der Waals surface area contributed by atoms with E-state index < -0.39 is 0 Å². The van der Waals surface area contributed by atoms with E-state index in [-0.39, 0.29) is 11.8 Å². The van der Waals surface area contributed by atoms with Gasteiger partial charge in [-0.3, -0.25) is 4.79 Å². The highest BCUT2D eigenvalue weighted by Crippen LogP contribution is 2.33. The van der Waals surface area contributed by atoms with Gasteiger partial charge in [0.05, 0.1) is 18.1 Å². The second kappa shape index (κ2) is 8.25. The molecule has 2 aromatic carbocycles. The molecule has 1 saturated heterocycles. The van der Waals surface area contributed by atoms with Crippen LogP contribution >= 0.6 is 0 Å². The van der Waals surface area contributed by atoms with E-state index in [1.807, 2.05) is 35.2 Å². The van der Waals surface area contributed by atoms with E-state index in [1.165, 1.54) is 0 Å². The number of nitrogens with zero attached hydrogens (tertiary/aromatic N) is 4. The number of para-hydroxylation sites is 2. The van der Waals surface area contributed by atoms with Crippen LogP contribution in [0.4, 0.5) is 5.69 Å². The van der Waals surface area contributed by atoms with Gasteiger partial charge < -0.3 is 19.1 Å². The number of carbonyl (C=O) groups excluding carboxylic acids is 1. The van der Waals surface area contributed by atoms with Crippen LogP contribution < -0.4 is 9.64 Å². The van der Waals surface area contributed by atoms with Crippen molar-refractivity contribution in [3.8, 4) is 5.75 Å². The molecular weight excluding hydrogens is 364 g/mol. The van der Waals surface area contributed by atoms with Crippen LogP contribution in [0.5, 0.6) is 5.75 Å². The number of anilines is 1. The lowest BCUT2D eigenvalue weighted by Gasteiger charge is -2.18. The lowest BCUT2D eigenvalue weighted by atomic mass is 10.1. The number of fused-ring (bicyclic) bond motifs is 1. The van der Waals surface area contributed by atoms with Crippen molar-refractivity contribution >= 4 is 22.6 Å². The molecule has 0 saturated carbocycles. The highest BCUT2D eigenvalue weighted by Gasteiger charge is 2.34. The Hall–Kier alpha value is -2.86. The van der Waals surface area contributed by atoms with Gasteiger partial charge in [-0.15, -0.1) is 0 Å². The van der Waals surface area contributed by atoms with Crippen LogP contribution in [-0.4, -0.2) is 54.7 Å². The number of rotatable bonds is 7. The Morgan fingerprint density at radius 1 is 1.14 bits per heavy atom. The summed E-state index contributed by atoms with van der Waals surface area (Å²) >= 11 is 0. The summed E-state index contributed by atoms with van der Waals surface area (Å²) in [6, 6.07) is 15.9. The summed E-state index contributed by atoms with van der Waals surface area (Å²) in [5, 5.41) is 0. The molecule has 1 aliphatic heterocycles. The first-order chi connectivity index (χ1) is 14.1. The number of imidazole rings is 1. The van der Waals surface area contributed by atoms with Gasteiger partial charge in [-0.2, -0.15) is 0 Å². The fourth-order valence-corrected chi connectivity index (χ4v) is 4.08. The molecule has 0 radical (unpaired) electrons.